The molecule has 2 aliphatic rings. The normalized spacial score (nSPS) is 25.1. The number of sulfonamides is 1. The third-order valence-electron chi connectivity index (χ3n) is 4.85. The van der Waals surface area contributed by atoms with Crippen molar-refractivity contribution >= 4 is 15.9 Å². The van der Waals surface area contributed by atoms with E-state index in [2.05, 4.69) is 14.9 Å². The van der Waals surface area contributed by atoms with Gasteiger partial charge in [-0.25, -0.2) is 13.1 Å². The highest BCUT2D eigenvalue weighted by Crippen LogP contribution is 2.27. The number of fused-ring (bicyclic) bond motifs is 1. The van der Waals surface area contributed by atoms with Crippen LogP contribution in [0.4, 0.5) is 0 Å². The number of hydrogen-bond acceptors (Lipinski definition) is 4. The zero-order valence-electron chi connectivity index (χ0n) is 13.3. The van der Waals surface area contributed by atoms with Crippen molar-refractivity contribution in [2.45, 2.75) is 42.7 Å². The van der Waals surface area contributed by atoms with Gasteiger partial charge in [-0.2, -0.15) is 0 Å². The molecule has 0 aromatic heterocycles. The van der Waals surface area contributed by atoms with Crippen LogP contribution < -0.4 is 10.0 Å². The lowest BCUT2D eigenvalue weighted by Gasteiger charge is -2.32. The van der Waals surface area contributed by atoms with E-state index in [9.17, 15) is 13.2 Å². The molecule has 0 aliphatic carbocycles. The first-order valence-electron chi connectivity index (χ1n) is 8.10. The van der Waals surface area contributed by atoms with Crippen LogP contribution in [-0.4, -0.2) is 51.4 Å². The number of carbonyl (C=O) groups excluding carboxylic acids is 1. The molecule has 2 aliphatic heterocycles. The van der Waals surface area contributed by atoms with Crippen LogP contribution in [0, 0.1) is 0 Å². The van der Waals surface area contributed by atoms with E-state index < -0.39 is 10.0 Å². The highest BCUT2D eigenvalue weighted by molar-refractivity contribution is 7.89. The Bertz CT molecular complexity index is 690. The topological polar surface area (TPSA) is 78.5 Å². The number of nitrogens with zero attached hydrogens (tertiary/aromatic N) is 1. The van der Waals surface area contributed by atoms with Crippen LogP contribution in [0.25, 0.3) is 0 Å². The molecule has 23 heavy (non-hydrogen) atoms. The molecule has 0 spiro atoms. The highest BCUT2D eigenvalue weighted by atomic mass is 32.2. The molecule has 6 nitrogen and oxygen atoms in total. The summed E-state index contributed by atoms with van der Waals surface area (Å²) in [5.41, 5.74) is 0.385. The summed E-state index contributed by atoms with van der Waals surface area (Å²) < 4.78 is 26.0. The number of carbonyl (C=O) groups is 1. The number of benzene rings is 1. The first kappa shape index (κ1) is 16.4. The Kier molecular flexibility index (Phi) is 4.70. The molecule has 126 valence electrons. The highest BCUT2D eigenvalue weighted by Gasteiger charge is 2.36. The molecular formula is C16H23N3O3S. The van der Waals surface area contributed by atoms with Crippen LogP contribution in [0.3, 0.4) is 0 Å². The van der Waals surface area contributed by atoms with Gasteiger partial charge in [0.2, 0.25) is 10.0 Å². The summed E-state index contributed by atoms with van der Waals surface area (Å²) in [6, 6.07) is 6.75. The van der Waals surface area contributed by atoms with Crippen molar-refractivity contribution in [2.75, 3.05) is 20.1 Å². The average molecular weight is 337 g/mol. The van der Waals surface area contributed by atoms with Gasteiger partial charge in [-0.05, 0) is 51.1 Å². The number of piperidine rings is 1. The SMILES string of the molecule is CNS(=O)(=O)c1cccc(C(=O)N[C@H]2CCN3CCCC[C@H]23)c1. The van der Waals surface area contributed by atoms with E-state index >= 15 is 0 Å². The minimum atomic E-state index is -3.54. The predicted octanol–water partition coefficient (Wildman–Crippen LogP) is 0.951. The Morgan fingerprint density at radius 1 is 1.22 bits per heavy atom. The standard InChI is InChI=1S/C16H23N3O3S/c1-17-23(21,22)13-6-4-5-12(11-13)16(20)18-14-8-10-19-9-3-2-7-15(14)19/h4-6,11,14-15,17H,2-3,7-10H2,1H3,(H,18,20)/t14-,15+/m0/s1. The van der Waals surface area contributed by atoms with Crippen LogP contribution in [0.2, 0.25) is 0 Å². The summed E-state index contributed by atoms with van der Waals surface area (Å²) in [5.74, 6) is -0.199. The molecule has 2 atom stereocenters. The zero-order valence-corrected chi connectivity index (χ0v) is 14.1. The summed E-state index contributed by atoms with van der Waals surface area (Å²) in [4.78, 5) is 15.1. The second-order valence-corrected chi connectivity index (χ2v) is 8.09. The lowest BCUT2D eigenvalue weighted by Crippen LogP contribution is -2.46. The van der Waals surface area contributed by atoms with Crippen molar-refractivity contribution in [3.8, 4) is 0 Å². The quantitative estimate of drug-likeness (QED) is 0.857. The van der Waals surface area contributed by atoms with Gasteiger partial charge in [0.15, 0.2) is 0 Å². The molecule has 2 saturated heterocycles. The Balaban J connectivity index is 1.73. The molecule has 0 unspecified atom stereocenters. The molecule has 1 amide bonds. The van der Waals surface area contributed by atoms with E-state index in [1.54, 1.807) is 12.1 Å². The van der Waals surface area contributed by atoms with Crippen LogP contribution in [0.15, 0.2) is 29.2 Å². The third kappa shape index (κ3) is 3.41. The second kappa shape index (κ2) is 6.59. The van der Waals surface area contributed by atoms with Crippen molar-refractivity contribution in [1.29, 1.82) is 0 Å². The van der Waals surface area contributed by atoms with Gasteiger partial charge >= 0.3 is 0 Å². The van der Waals surface area contributed by atoms with E-state index in [4.69, 9.17) is 0 Å². The molecule has 2 fully saturated rings. The maximum absolute atomic E-state index is 12.5. The van der Waals surface area contributed by atoms with Crippen molar-refractivity contribution in [1.82, 2.24) is 14.9 Å². The summed E-state index contributed by atoms with van der Waals surface area (Å²) >= 11 is 0. The zero-order chi connectivity index (χ0) is 16.4. The van der Waals surface area contributed by atoms with E-state index in [0.29, 0.717) is 11.6 Å². The van der Waals surface area contributed by atoms with Crippen LogP contribution in [0.5, 0.6) is 0 Å². The lowest BCUT2D eigenvalue weighted by atomic mass is 9.99. The maximum atomic E-state index is 12.5. The number of rotatable bonds is 4. The molecule has 7 heteroatoms. The molecule has 3 rings (SSSR count). The van der Waals surface area contributed by atoms with Crippen LogP contribution in [-0.2, 0) is 10.0 Å². The average Bonchev–Trinajstić information content (AvgIpc) is 2.98. The molecular weight excluding hydrogens is 314 g/mol. The van der Waals surface area contributed by atoms with E-state index in [1.807, 2.05) is 0 Å². The first-order chi connectivity index (χ1) is 11.0. The Labute approximate surface area is 137 Å². The Morgan fingerprint density at radius 2 is 2.04 bits per heavy atom. The van der Waals surface area contributed by atoms with Crippen molar-refractivity contribution in [3.05, 3.63) is 29.8 Å². The summed E-state index contributed by atoms with van der Waals surface area (Å²) in [5, 5.41) is 3.10. The molecule has 0 radical (unpaired) electrons. The minimum Gasteiger partial charge on any atom is -0.348 e. The minimum absolute atomic E-state index is 0.110. The van der Waals surface area contributed by atoms with Gasteiger partial charge in [0.1, 0.15) is 0 Å². The smallest absolute Gasteiger partial charge is 0.251 e. The summed E-state index contributed by atoms with van der Waals surface area (Å²) in [7, 11) is -2.18. The van der Waals surface area contributed by atoms with Crippen molar-refractivity contribution in [3.63, 3.8) is 0 Å². The van der Waals surface area contributed by atoms with E-state index in [0.717, 1.165) is 25.9 Å². The monoisotopic (exact) mass is 337 g/mol. The Morgan fingerprint density at radius 3 is 2.83 bits per heavy atom. The molecule has 0 bridgehead atoms. The summed E-state index contributed by atoms with van der Waals surface area (Å²) in [6.45, 7) is 2.15. The van der Waals surface area contributed by atoms with Gasteiger partial charge in [0.05, 0.1) is 4.90 Å². The van der Waals surface area contributed by atoms with E-state index in [-0.39, 0.29) is 16.8 Å². The number of nitrogens with one attached hydrogen (secondary N) is 2. The maximum Gasteiger partial charge on any atom is 0.251 e. The van der Waals surface area contributed by atoms with Gasteiger partial charge in [-0.3, -0.25) is 9.69 Å². The predicted molar refractivity (Wildman–Crippen MR) is 87.8 cm³/mol. The van der Waals surface area contributed by atoms with Crippen molar-refractivity contribution in [2.24, 2.45) is 0 Å². The molecule has 2 N–H and O–H groups in total. The van der Waals surface area contributed by atoms with Gasteiger partial charge in [0.25, 0.3) is 5.91 Å². The molecule has 1 aromatic carbocycles. The number of amides is 1. The van der Waals surface area contributed by atoms with Gasteiger partial charge in [0, 0.05) is 24.2 Å². The molecule has 1 aromatic rings. The van der Waals surface area contributed by atoms with Gasteiger partial charge in [-0.15, -0.1) is 0 Å². The number of hydrogen-bond donors (Lipinski definition) is 2. The fourth-order valence-corrected chi connectivity index (χ4v) is 4.37. The third-order valence-corrected chi connectivity index (χ3v) is 6.26. The second-order valence-electron chi connectivity index (χ2n) is 6.20. The fourth-order valence-electron chi connectivity index (χ4n) is 3.59. The Hall–Kier alpha value is -1.44. The summed E-state index contributed by atoms with van der Waals surface area (Å²) in [6.07, 6.45) is 4.54. The van der Waals surface area contributed by atoms with Crippen LogP contribution >= 0.6 is 0 Å². The lowest BCUT2D eigenvalue weighted by molar-refractivity contribution is 0.0915. The van der Waals surface area contributed by atoms with E-state index in [1.165, 1.54) is 32.0 Å². The first-order valence-corrected chi connectivity index (χ1v) is 9.58. The largest absolute Gasteiger partial charge is 0.348 e. The molecule has 2 heterocycles. The fraction of sp³-hybridized carbons (Fsp3) is 0.562. The molecule has 0 saturated carbocycles. The van der Waals surface area contributed by atoms with Gasteiger partial charge < -0.3 is 5.32 Å². The van der Waals surface area contributed by atoms with Crippen molar-refractivity contribution < 1.29 is 13.2 Å². The van der Waals surface area contributed by atoms with Crippen LogP contribution in [0.1, 0.15) is 36.0 Å². The van der Waals surface area contributed by atoms with Gasteiger partial charge in [-0.1, -0.05) is 12.5 Å².